The molecule has 18 heavy (non-hydrogen) atoms. The lowest BCUT2D eigenvalue weighted by atomic mass is 10.2. The van der Waals surface area contributed by atoms with Gasteiger partial charge in [0.1, 0.15) is 5.75 Å². The minimum absolute atomic E-state index is 0.293. The maximum atomic E-state index is 8.77. The van der Waals surface area contributed by atoms with Crippen LogP contribution in [0.15, 0.2) is 30.5 Å². The number of aryl methyl sites for hydroxylation is 1. The fourth-order valence-corrected chi connectivity index (χ4v) is 2.24. The van der Waals surface area contributed by atoms with Crippen LogP contribution in [0.4, 0.5) is 0 Å². The van der Waals surface area contributed by atoms with E-state index >= 15 is 0 Å². The largest absolute Gasteiger partial charge is 0.493 e. The van der Waals surface area contributed by atoms with E-state index in [4.69, 9.17) is 9.84 Å². The average molecular weight is 247 g/mol. The van der Waals surface area contributed by atoms with Crippen LogP contribution in [0.2, 0.25) is 0 Å². The fourth-order valence-electron chi connectivity index (χ4n) is 2.24. The Kier molecular flexibility index (Phi) is 4.65. The number of hydrogen-bond acceptors (Lipinski definition) is 2. The van der Waals surface area contributed by atoms with E-state index in [1.807, 2.05) is 19.1 Å². The normalized spacial score (nSPS) is 11.0. The molecule has 0 aliphatic rings. The third-order valence-corrected chi connectivity index (χ3v) is 3.13. The third-order valence-electron chi connectivity index (χ3n) is 3.13. The van der Waals surface area contributed by atoms with Gasteiger partial charge in [-0.2, -0.15) is 0 Å². The smallest absolute Gasteiger partial charge is 0.128 e. The third kappa shape index (κ3) is 2.85. The summed E-state index contributed by atoms with van der Waals surface area (Å²) in [5.41, 5.74) is 1.23. The van der Waals surface area contributed by atoms with Crippen LogP contribution >= 0.6 is 0 Å². The van der Waals surface area contributed by atoms with Crippen molar-refractivity contribution in [3.8, 4) is 5.75 Å². The van der Waals surface area contributed by atoms with Crippen molar-refractivity contribution < 1.29 is 9.84 Å². The first-order valence-corrected chi connectivity index (χ1v) is 6.68. The summed E-state index contributed by atoms with van der Waals surface area (Å²) < 4.78 is 7.89. The molecule has 0 unspecified atom stereocenters. The van der Waals surface area contributed by atoms with Crippen molar-refractivity contribution in [3.05, 3.63) is 30.5 Å². The maximum absolute atomic E-state index is 8.77. The molecule has 0 atom stereocenters. The first-order chi connectivity index (χ1) is 8.86. The lowest BCUT2D eigenvalue weighted by Gasteiger charge is -2.07. The molecule has 0 amide bonds. The summed E-state index contributed by atoms with van der Waals surface area (Å²) in [7, 11) is 0. The molecule has 3 heteroatoms. The van der Waals surface area contributed by atoms with Crippen molar-refractivity contribution >= 4 is 10.9 Å². The molecular weight excluding hydrogens is 226 g/mol. The molecule has 0 aliphatic carbocycles. The second kappa shape index (κ2) is 6.45. The molecule has 0 saturated heterocycles. The SMILES string of the molecule is CCOc1cccc2c1ccn2CCCCCO. The average Bonchev–Trinajstić information content (AvgIpc) is 2.80. The Morgan fingerprint density at radius 2 is 2.06 bits per heavy atom. The van der Waals surface area contributed by atoms with Crippen LogP contribution in [-0.2, 0) is 6.54 Å². The van der Waals surface area contributed by atoms with Crippen molar-refractivity contribution in [2.45, 2.75) is 32.7 Å². The second-order valence-corrected chi connectivity index (χ2v) is 4.42. The van der Waals surface area contributed by atoms with Gasteiger partial charge in [-0.15, -0.1) is 0 Å². The van der Waals surface area contributed by atoms with Gasteiger partial charge < -0.3 is 14.4 Å². The zero-order valence-corrected chi connectivity index (χ0v) is 10.9. The van der Waals surface area contributed by atoms with Crippen molar-refractivity contribution in [1.82, 2.24) is 4.57 Å². The number of benzene rings is 1. The Labute approximate surface area is 108 Å². The van der Waals surface area contributed by atoms with Crippen LogP contribution in [0, 0.1) is 0 Å². The van der Waals surface area contributed by atoms with Gasteiger partial charge in [-0.05, 0) is 44.4 Å². The molecule has 2 rings (SSSR count). The van der Waals surface area contributed by atoms with Crippen LogP contribution in [-0.4, -0.2) is 22.9 Å². The minimum Gasteiger partial charge on any atom is -0.493 e. The van der Waals surface area contributed by atoms with E-state index in [9.17, 15) is 0 Å². The number of fused-ring (bicyclic) bond motifs is 1. The molecular formula is C15H21NO2. The maximum Gasteiger partial charge on any atom is 0.128 e. The van der Waals surface area contributed by atoms with E-state index in [1.165, 1.54) is 10.9 Å². The van der Waals surface area contributed by atoms with Gasteiger partial charge in [-0.25, -0.2) is 0 Å². The molecule has 0 radical (unpaired) electrons. The predicted molar refractivity (Wildman–Crippen MR) is 74.0 cm³/mol. The number of ether oxygens (including phenoxy) is 1. The molecule has 0 spiro atoms. The highest BCUT2D eigenvalue weighted by atomic mass is 16.5. The summed E-state index contributed by atoms with van der Waals surface area (Å²) in [6.45, 7) is 3.99. The monoisotopic (exact) mass is 247 g/mol. The summed E-state index contributed by atoms with van der Waals surface area (Å²) >= 11 is 0. The number of nitrogens with zero attached hydrogens (tertiary/aromatic N) is 1. The summed E-state index contributed by atoms with van der Waals surface area (Å²) in [4.78, 5) is 0. The van der Waals surface area contributed by atoms with Crippen LogP contribution in [0.25, 0.3) is 10.9 Å². The van der Waals surface area contributed by atoms with E-state index in [2.05, 4.69) is 22.9 Å². The molecule has 0 bridgehead atoms. The van der Waals surface area contributed by atoms with Gasteiger partial charge in [0, 0.05) is 24.7 Å². The van der Waals surface area contributed by atoms with Crippen LogP contribution in [0.1, 0.15) is 26.2 Å². The summed E-state index contributed by atoms with van der Waals surface area (Å²) in [6, 6.07) is 8.30. The van der Waals surface area contributed by atoms with Gasteiger partial charge in [0.2, 0.25) is 0 Å². The van der Waals surface area contributed by atoms with Crippen molar-refractivity contribution in [2.24, 2.45) is 0 Å². The fraction of sp³-hybridized carbons (Fsp3) is 0.467. The first-order valence-electron chi connectivity index (χ1n) is 6.68. The molecule has 1 N–H and O–H groups in total. The van der Waals surface area contributed by atoms with E-state index < -0.39 is 0 Å². The molecule has 98 valence electrons. The zero-order valence-electron chi connectivity index (χ0n) is 10.9. The summed E-state index contributed by atoms with van der Waals surface area (Å²) in [6.07, 6.45) is 5.18. The van der Waals surface area contributed by atoms with E-state index in [0.717, 1.165) is 31.6 Å². The zero-order chi connectivity index (χ0) is 12.8. The number of unbranched alkanes of at least 4 members (excludes halogenated alkanes) is 2. The van der Waals surface area contributed by atoms with Crippen molar-refractivity contribution in [3.63, 3.8) is 0 Å². The minimum atomic E-state index is 0.293. The van der Waals surface area contributed by atoms with Gasteiger partial charge in [0.05, 0.1) is 12.1 Å². The van der Waals surface area contributed by atoms with Gasteiger partial charge in [-0.3, -0.25) is 0 Å². The van der Waals surface area contributed by atoms with Gasteiger partial charge in [0.25, 0.3) is 0 Å². The summed E-state index contributed by atoms with van der Waals surface area (Å²) in [5, 5.41) is 9.95. The quantitative estimate of drug-likeness (QED) is 0.762. The molecule has 0 fully saturated rings. The first kappa shape index (κ1) is 13.0. The van der Waals surface area contributed by atoms with Crippen molar-refractivity contribution in [2.75, 3.05) is 13.2 Å². The number of aliphatic hydroxyl groups is 1. The highest BCUT2D eigenvalue weighted by molar-refractivity contribution is 5.86. The van der Waals surface area contributed by atoms with Crippen LogP contribution in [0.3, 0.4) is 0 Å². The molecule has 2 aromatic rings. The topological polar surface area (TPSA) is 34.4 Å². The highest BCUT2D eigenvalue weighted by Crippen LogP contribution is 2.26. The van der Waals surface area contributed by atoms with Crippen LogP contribution < -0.4 is 4.74 Å². The van der Waals surface area contributed by atoms with E-state index in [0.29, 0.717) is 13.2 Å². The van der Waals surface area contributed by atoms with Gasteiger partial charge >= 0.3 is 0 Å². The summed E-state index contributed by atoms with van der Waals surface area (Å²) in [5.74, 6) is 0.962. The van der Waals surface area contributed by atoms with Gasteiger partial charge in [-0.1, -0.05) is 6.07 Å². The molecule has 3 nitrogen and oxygen atoms in total. The Balaban J connectivity index is 2.12. The molecule has 1 aromatic carbocycles. The van der Waals surface area contributed by atoms with Crippen LogP contribution in [0.5, 0.6) is 5.75 Å². The second-order valence-electron chi connectivity index (χ2n) is 4.42. The van der Waals surface area contributed by atoms with E-state index in [1.54, 1.807) is 0 Å². The predicted octanol–water partition coefficient (Wildman–Crippen LogP) is 3.20. The highest BCUT2D eigenvalue weighted by Gasteiger charge is 2.05. The number of aliphatic hydroxyl groups excluding tert-OH is 1. The molecule has 0 aliphatic heterocycles. The standard InChI is InChI=1S/C15H21NO2/c1-2-18-15-8-6-7-14-13(15)9-11-16(14)10-4-3-5-12-17/h6-9,11,17H,2-5,10,12H2,1H3. The molecule has 0 saturated carbocycles. The molecule has 1 aromatic heterocycles. The Morgan fingerprint density at radius 3 is 2.83 bits per heavy atom. The Bertz CT molecular complexity index is 490. The Morgan fingerprint density at radius 1 is 1.17 bits per heavy atom. The number of rotatable bonds is 7. The lowest BCUT2D eigenvalue weighted by molar-refractivity contribution is 0.282. The number of aromatic nitrogens is 1. The van der Waals surface area contributed by atoms with Gasteiger partial charge in [0.15, 0.2) is 0 Å². The van der Waals surface area contributed by atoms with Crippen molar-refractivity contribution in [1.29, 1.82) is 0 Å². The lowest BCUT2D eigenvalue weighted by Crippen LogP contribution is -1.97. The van der Waals surface area contributed by atoms with E-state index in [-0.39, 0.29) is 0 Å². The Hall–Kier alpha value is -1.48. The number of hydrogen-bond donors (Lipinski definition) is 1. The molecule has 1 heterocycles.